The molecular weight excluding hydrogens is 256 g/mol. The number of hydrogen-bond donors (Lipinski definition) is 2. The SMILES string of the molecule is COCC1(C(=O)NCCCOCC2CC2)CCNCC1. The van der Waals surface area contributed by atoms with E-state index in [0.29, 0.717) is 13.2 Å². The molecule has 0 aromatic rings. The quantitative estimate of drug-likeness (QED) is 0.619. The molecule has 1 amide bonds. The Morgan fingerprint density at radius 3 is 2.75 bits per heavy atom. The lowest BCUT2D eigenvalue weighted by Crippen LogP contribution is -2.50. The van der Waals surface area contributed by atoms with Crippen molar-refractivity contribution in [2.75, 3.05) is 46.6 Å². The minimum Gasteiger partial charge on any atom is -0.384 e. The molecule has 20 heavy (non-hydrogen) atoms. The average molecular weight is 284 g/mol. The molecule has 0 spiro atoms. The van der Waals surface area contributed by atoms with E-state index in [9.17, 15) is 4.79 Å². The molecule has 116 valence electrons. The lowest BCUT2D eigenvalue weighted by molar-refractivity contribution is -0.136. The summed E-state index contributed by atoms with van der Waals surface area (Å²) in [6.45, 7) is 4.63. The minimum absolute atomic E-state index is 0.142. The fraction of sp³-hybridized carbons (Fsp3) is 0.933. The van der Waals surface area contributed by atoms with Gasteiger partial charge in [-0.3, -0.25) is 4.79 Å². The van der Waals surface area contributed by atoms with E-state index in [1.165, 1.54) is 12.8 Å². The van der Waals surface area contributed by atoms with Crippen molar-refractivity contribution < 1.29 is 14.3 Å². The molecule has 0 radical (unpaired) electrons. The highest BCUT2D eigenvalue weighted by atomic mass is 16.5. The van der Waals surface area contributed by atoms with Crippen LogP contribution in [0.2, 0.25) is 0 Å². The lowest BCUT2D eigenvalue weighted by atomic mass is 9.78. The standard InChI is InChI=1S/C15H28N2O3/c1-19-12-15(5-8-16-9-6-15)14(18)17-7-2-10-20-11-13-3-4-13/h13,16H,2-12H2,1H3,(H,17,18). The number of nitrogens with one attached hydrogen (secondary N) is 2. The first kappa shape index (κ1) is 15.7. The lowest BCUT2D eigenvalue weighted by Gasteiger charge is -2.35. The fourth-order valence-corrected chi connectivity index (χ4v) is 2.72. The molecule has 2 aliphatic rings. The normalized spacial score (nSPS) is 21.6. The van der Waals surface area contributed by atoms with Gasteiger partial charge in [-0.15, -0.1) is 0 Å². The third-order valence-electron chi connectivity index (χ3n) is 4.26. The van der Waals surface area contributed by atoms with Crippen LogP contribution in [0.5, 0.6) is 0 Å². The molecule has 2 fully saturated rings. The summed E-state index contributed by atoms with van der Waals surface area (Å²) in [7, 11) is 1.67. The zero-order valence-corrected chi connectivity index (χ0v) is 12.6. The molecular formula is C15H28N2O3. The smallest absolute Gasteiger partial charge is 0.228 e. The van der Waals surface area contributed by atoms with E-state index in [2.05, 4.69) is 10.6 Å². The average Bonchev–Trinajstić information content (AvgIpc) is 3.28. The Bertz CT molecular complexity index is 294. The van der Waals surface area contributed by atoms with Crippen LogP contribution >= 0.6 is 0 Å². The molecule has 1 aliphatic heterocycles. The van der Waals surface area contributed by atoms with Crippen LogP contribution in [-0.4, -0.2) is 52.5 Å². The third-order valence-corrected chi connectivity index (χ3v) is 4.26. The second-order valence-corrected chi connectivity index (χ2v) is 6.09. The van der Waals surface area contributed by atoms with Crippen molar-refractivity contribution in [3.63, 3.8) is 0 Å². The molecule has 1 heterocycles. The maximum absolute atomic E-state index is 12.4. The number of rotatable bonds is 9. The molecule has 0 bridgehead atoms. The van der Waals surface area contributed by atoms with E-state index in [1.54, 1.807) is 7.11 Å². The van der Waals surface area contributed by atoms with E-state index in [-0.39, 0.29) is 11.3 Å². The van der Waals surface area contributed by atoms with E-state index in [4.69, 9.17) is 9.47 Å². The highest BCUT2D eigenvalue weighted by Gasteiger charge is 2.39. The van der Waals surface area contributed by atoms with E-state index in [1.807, 2.05) is 0 Å². The van der Waals surface area contributed by atoms with Gasteiger partial charge in [0, 0.05) is 26.9 Å². The van der Waals surface area contributed by atoms with Crippen LogP contribution < -0.4 is 10.6 Å². The van der Waals surface area contributed by atoms with Crippen LogP contribution in [0.4, 0.5) is 0 Å². The molecule has 1 saturated carbocycles. The van der Waals surface area contributed by atoms with Crippen molar-refractivity contribution in [1.29, 1.82) is 0 Å². The number of carbonyl (C=O) groups excluding carboxylic acids is 1. The third kappa shape index (κ3) is 4.72. The van der Waals surface area contributed by atoms with E-state index in [0.717, 1.165) is 51.5 Å². The monoisotopic (exact) mass is 284 g/mol. The van der Waals surface area contributed by atoms with Gasteiger partial charge >= 0.3 is 0 Å². The Labute approximate surface area is 121 Å². The van der Waals surface area contributed by atoms with E-state index >= 15 is 0 Å². The molecule has 1 saturated heterocycles. The summed E-state index contributed by atoms with van der Waals surface area (Å²) in [5.41, 5.74) is -0.338. The van der Waals surface area contributed by atoms with Crippen LogP contribution in [0.25, 0.3) is 0 Å². The van der Waals surface area contributed by atoms with Gasteiger partial charge in [-0.05, 0) is 51.1 Å². The Hall–Kier alpha value is -0.650. The van der Waals surface area contributed by atoms with Gasteiger partial charge in [0.05, 0.1) is 12.0 Å². The minimum atomic E-state index is -0.338. The maximum Gasteiger partial charge on any atom is 0.228 e. The fourth-order valence-electron chi connectivity index (χ4n) is 2.72. The summed E-state index contributed by atoms with van der Waals surface area (Å²) < 4.78 is 10.8. The van der Waals surface area contributed by atoms with Crippen molar-refractivity contribution in [1.82, 2.24) is 10.6 Å². The summed E-state index contributed by atoms with van der Waals surface area (Å²) in [6.07, 6.45) is 5.24. The molecule has 0 aromatic heterocycles. The first-order chi connectivity index (χ1) is 9.77. The Balaban J connectivity index is 1.62. The Morgan fingerprint density at radius 2 is 2.10 bits per heavy atom. The molecule has 1 aliphatic carbocycles. The number of methoxy groups -OCH3 is 1. The summed E-state index contributed by atoms with van der Waals surface area (Å²) in [6, 6.07) is 0. The molecule has 5 heteroatoms. The molecule has 2 N–H and O–H groups in total. The second-order valence-electron chi connectivity index (χ2n) is 6.09. The topological polar surface area (TPSA) is 59.6 Å². The van der Waals surface area contributed by atoms with Crippen molar-refractivity contribution in [2.45, 2.75) is 32.1 Å². The van der Waals surface area contributed by atoms with Gasteiger partial charge < -0.3 is 20.1 Å². The highest BCUT2D eigenvalue weighted by molar-refractivity contribution is 5.82. The number of ether oxygens (including phenoxy) is 2. The maximum atomic E-state index is 12.4. The first-order valence-electron chi connectivity index (χ1n) is 7.82. The van der Waals surface area contributed by atoms with E-state index < -0.39 is 0 Å². The van der Waals surface area contributed by atoms with Gasteiger partial charge in [0.2, 0.25) is 5.91 Å². The van der Waals surface area contributed by atoms with Crippen LogP contribution in [0.1, 0.15) is 32.1 Å². The number of amides is 1. The van der Waals surface area contributed by atoms with Crippen molar-refractivity contribution in [3.8, 4) is 0 Å². The van der Waals surface area contributed by atoms with Gasteiger partial charge in [-0.2, -0.15) is 0 Å². The van der Waals surface area contributed by atoms with Crippen molar-refractivity contribution >= 4 is 5.91 Å². The zero-order chi connectivity index (χ0) is 14.3. The Morgan fingerprint density at radius 1 is 1.35 bits per heavy atom. The molecule has 0 unspecified atom stereocenters. The van der Waals surface area contributed by atoms with Gasteiger partial charge in [-0.1, -0.05) is 0 Å². The molecule has 0 atom stereocenters. The number of carbonyl (C=O) groups is 1. The predicted molar refractivity (Wildman–Crippen MR) is 77.6 cm³/mol. The zero-order valence-electron chi connectivity index (χ0n) is 12.6. The van der Waals surface area contributed by atoms with Gasteiger partial charge in [0.1, 0.15) is 0 Å². The van der Waals surface area contributed by atoms with Crippen molar-refractivity contribution in [3.05, 3.63) is 0 Å². The number of piperidine rings is 1. The van der Waals surface area contributed by atoms with Crippen LogP contribution in [0, 0.1) is 11.3 Å². The summed E-state index contributed by atoms with van der Waals surface area (Å²) in [5.74, 6) is 0.951. The van der Waals surface area contributed by atoms with Gasteiger partial charge in [0.25, 0.3) is 0 Å². The molecule has 5 nitrogen and oxygen atoms in total. The predicted octanol–water partition coefficient (Wildman–Crippen LogP) is 0.935. The number of hydrogen-bond acceptors (Lipinski definition) is 4. The van der Waals surface area contributed by atoms with Crippen LogP contribution in [-0.2, 0) is 14.3 Å². The summed E-state index contributed by atoms with van der Waals surface area (Å²) >= 11 is 0. The largest absolute Gasteiger partial charge is 0.384 e. The van der Waals surface area contributed by atoms with Gasteiger partial charge in [-0.25, -0.2) is 0 Å². The Kier molecular flexibility index (Phi) is 6.26. The first-order valence-corrected chi connectivity index (χ1v) is 7.82. The summed E-state index contributed by atoms with van der Waals surface area (Å²) in [5, 5.41) is 6.35. The van der Waals surface area contributed by atoms with Crippen LogP contribution in [0.15, 0.2) is 0 Å². The second kappa shape index (κ2) is 7.96. The summed E-state index contributed by atoms with van der Waals surface area (Å²) in [4.78, 5) is 12.4. The highest BCUT2D eigenvalue weighted by Crippen LogP contribution is 2.29. The molecule has 2 rings (SSSR count). The molecule has 0 aromatic carbocycles. The van der Waals surface area contributed by atoms with Crippen molar-refractivity contribution in [2.24, 2.45) is 11.3 Å². The van der Waals surface area contributed by atoms with Gasteiger partial charge in [0.15, 0.2) is 0 Å². The van der Waals surface area contributed by atoms with Crippen LogP contribution in [0.3, 0.4) is 0 Å².